The smallest absolute Gasteiger partial charge is 0.258 e. The highest BCUT2D eigenvalue weighted by molar-refractivity contribution is 9.11. The Kier molecular flexibility index (Phi) is 3.58. The van der Waals surface area contributed by atoms with Crippen molar-refractivity contribution in [2.75, 3.05) is 5.32 Å². The van der Waals surface area contributed by atoms with E-state index in [1.54, 1.807) is 12.1 Å². The number of anilines is 1. The predicted molar refractivity (Wildman–Crippen MR) is 85.9 cm³/mol. The van der Waals surface area contributed by atoms with E-state index in [1.165, 1.54) is 0 Å². The number of carbonyl (C=O) groups is 1. The molecule has 1 amide bonds. The molecule has 3 rings (SSSR count). The number of hydrogen-bond acceptors (Lipinski definition) is 2. The second-order valence-electron chi connectivity index (χ2n) is 4.21. The third-order valence-electron chi connectivity index (χ3n) is 2.75. The van der Waals surface area contributed by atoms with Crippen LogP contribution in [0.25, 0.3) is 11.0 Å². The fraction of sp³-hybridized carbons (Fsp3) is 0. The maximum Gasteiger partial charge on any atom is 0.258 e. The molecule has 0 unspecified atom stereocenters. The van der Waals surface area contributed by atoms with Crippen LogP contribution >= 0.6 is 31.9 Å². The van der Waals surface area contributed by atoms with Gasteiger partial charge in [-0.05, 0) is 30.3 Å². The molecule has 4 nitrogen and oxygen atoms in total. The van der Waals surface area contributed by atoms with Crippen LogP contribution in [0.1, 0.15) is 10.4 Å². The summed E-state index contributed by atoms with van der Waals surface area (Å²) in [6, 6.07) is 13.0. The number of fused-ring (bicyclic) bond motifs is 1. The molecule has 0 aliphatic heterocycles. The van der Waals surface area contributed by atoms with E-state index in [9.17, 15) is 4.79 Å². The minimum atomic E-state index is -0.217. The van der Waals surface area contributed by atoms with E-state index >= 15 is 0 Å². The molecule has 1 aromatic heterocycles. The van der Waals surface area contributed by atoms with Crippen molar-refractivity contribution >= 4 is 54.7 Å². The van der Waals surface area contributed by atoms with Crippen molar-refractivity contribution in [3.8, 4) is 0 Å². The van der Waals surface area contributed by atoms with Crippen molar-refractivity contribution in [3.63, 3.8) is 0 Å². The van der Waals surface area contributed by atoms with Crippen LogP contribution in [0.3, 0.4) is 0 Å². The Labute approximate surface area is 131 Å². The molecule has 20 heavy (non-hydrogen) atoms. The van der Waals surface area contributed by atoms with Gasteiger partial charge in [-0.25, -0.2) is 4.98 Å². The van der Waals surface area contributed by atoms with E-state index in [-0.39, 0.29) is 5.91 Å². The summed E-state index contributed by atoms with van der Waals surface area (Å²) in [7, 11) is 0. The number of benzene rings is 2. The fourth-order valence-corrected chi connectivity index (χ4v) is 3.17. The van der Waals surface area contributed by atoms with Gasteiger partial charge in [-0.1, -0.05) is 44.0 Å². The molecule has 1 heterocycles. The molecule has 3 aromatic rings. The van der Waals surface area contributed by atoms with Crippen LogP contribution in [0.15, 0.2) is 51.4 Å². The molecule has 0 saturated carbocycles. The van der Waals surface area contributed by atoms with Crippen molar-refractivity contribution < 1.29 is 4.79 Å². The third-order valence-corrected chi connectivity index (χ3v) is 3.66. The summed E-state index contributed by atoms with van der Waals surface area (Å²) in [5.41, 5.74) is 2.25. The number of halogens is 2. The molecular weight excluding hydrogens is 386 g/mol. The van der Waals surface area contributed by atoms with Gasteiger partial charge in [0.2, 0.25) is 5.95 Å². The monoisotopic (exact) mass is 393 g/mol. The van der Waals surface area contributed by atoms with Crippen LogP contribution in [0.2, 0.25) is 0 Å². The summed E-state index contributed by atoms with van der Waals surface area (Å²) in [6.07, 6.45) is 0. The van der Waals surface area contributed by atoms with Crippen molar-refractivity contribution in [1.82, 2.24) is 9.97 Å². The molecule has 0 aliphatic carbocycles. The lowest BCUT2D eigenvalue weighted by Crippen LogP contribution is -2.12. The summed E-state index contributed by atoms with van der Waals surface area (Å²) in [5.74, 6) is 0.221. The van der Waals surface area contributed by atoms with Gasteiger partial charge in [-0.15, -0.1) is 0 Å². The summed E-state index contributed by atoms with van der Waals surface area (Å²) >= 11 is 6.72. The Morgan fingerprint density at radius 1 is 1.10 bits per heavy atom. The van der Waals surface area contributed by atoms with Gasteiger partial charge in [0.25, 0.3) is 5.91 Å². The van der Waals surface area contributed by atoms with Gasteiger partial charge in [0.15, 0.2) is 0 Å². The number of amides is 1. The van der Waals surface area contributed by atoms with Crippen LogP contribution in [-0.4, -0.2) is 15.9 Å². The van der Waals surface area contributed by atoms with Crippen LogP contribution in [-0.2, 0) is 0 Å². The van der Waals surface area contributed by atoms with Gasteiger partial charge < -0.3 is 4.98 Å². The topological polar surface area (TPSA) is 57.8 Å². The van der Waals surface area contributed by atoms with Gasteiger partial charge in [0.05, 0.1) is 11.0 Å². The maximum absolute atomic E-state index is 12.2. The zero-order valence-electron chi connectivity index (χ0n) is 10.2. The molecule has 0 aliphatic rings. The number of nitrogens with one attached hydrogen (secondary N) is 2. The highest BCUT2D eigenvalue weighted by Crippen LogP contribution is 2.21. The first-order valence-corrected chi connectivity index (χ1v) is 7.42. The highest BCUT2D eigenvalue weighted by atomic mass is 79.9. The highest BCUT2D eigenvalue weighted by Gasteiger charge is 2.10. The number of hydrogen-bond donors (Lipinski definition) is 2. The summed E-state index contributed by atoms with van der Waals surface area (Å²) < 4.78 is 1.67. The third kappa shape index (κ3) is 2.76. The van der Waals surface area contributed by atoms with Gasteiger partial charge in [0.1, 0.15) is 0 Å². The van der Waals surface area contributed by atoms with Gasteiger partial charge in [-0.3, -0.25) is 10.1 Å². The zero-order chi connectivity index (χ0) is 14.1. The minimum Gasteiger partial charge on any atom is -0.324 e. The molecule has 100 valence electrons. The molecule has 2 aromatic carbocycles. The molecular formula is C14H9Br2N3O. The lowest BCUT2D eigenvalue weighted by atomic mass is 10.2. The SMILES string of the molecule is O=C(Nc1nc2ccccc2[nH]1)c1cc(Br)cc(Br)c1. The normalized spacial score (nSPS) is 10.7. The number of para-hydroxylation sites is 2. The predicted octanol–water partition coefficient (Wildman–Crippen LogP) is 4.34. The largest absolute Gasteiger partial charge is 0.324 e. The van der Waals surface area contributed by atoms with Crippen LogP contribution in [0, 0.1) is 0 Å². The van der Waals surface area contributed by atoms with Crippen molar-refractivity contribution in [1.29, 1.82) is 0 Å². The van der Waals surface area contributed by atoms with E-state index in [4.69, 9.17) is 0 Å². The molecule has 0 bridgehead atoms. The van der Waals surface area contributed by atoms with Crippen molar-refractivity contribution in [2.45, 2.75) is 0 Å². The van der Waals surface area contributed by atoms with Gasteiger partial charge >= 0.3 is 0 Å². The number of aromatic amines is 1. The van der Waals surface area contributed by atoms with Gasteiger partial charge in [-0.2, -0.15) is 0 Å². The summed E-state index contributed by atoms with van der Waals surface area (Å²) in [4.78, 5) is 19.6. The number of H-pyrrole nitrogens is 1. The summed E-state index contributed by atoms with van der Waals surface area (Å²) in [6.45, 7) is 0. The standard InChI is InChI=1S/C14H9Br2N3O/c15-9-5-8(6-10(16)7-9)13(20)19-14-17-11-3-1-2-4-12(11)18-14/h1-7H,(H2,17,18,19,20). The molecule has 0 atom stereocenters. The molecule has 0 fully saturated rings. The summed E-state index contributed by atoms with van der Waals surface area (Å²) in [5, 5.41) is 2.75. The first kappa shape index (κ1) is 13.3. The fourth-order valence-electron chi connectivity index (χ4n) is 1.88. The Morgan fingerprint density at radius 3 is 2.50 bits per heavy atom. The lowest BCUT2D eigenvalue weighted by Gasteiger charge is -2.03. The maximum atomic E-state index is 12.2. The molecule has 2 N–H and O–H groups in total. The second-order valence-corrected chi connectivity index (χ2v) is 6.05. The Bertz CT molecular complexity index is 745. The van der Waals surface area contributed by atoms with Gasteiger partial charge in [0, 0.05) is 14.5 Å². The minimum absolute atomic E-state index is 0.217. The van der Waals surface area contributed by atoms with Crippen molar-refractivity contribution in [2.24, 2.45) is 0 Å². The Hall–Kier alpha value is -1.66. The number of rotatable bonds is 2. The van der Waals surface area contributed by atoms with Crippen LogP contribution < -0.4 is 5.32 Å². The van der Waals surface area contributed by atoms with E-state index in [0.29, 0.717) is 11.5 Å². The molecule has 6 heteroatoms. The quantitative estimate of drug-likeness (QED) is 0.679. The van der Waals surface area contributed by atoms with E-state index in [1.807, 2.05) is 30.3 Å². The zero-order valence-corrected chi connectivity index (χ0v) is 13.3. The van der Waals surface area contributed by atoms with Crippen LogP contribution in [0.4, 0.5) is 5.95 Å². The Morgan fingerprint density at radius 2 is 1.80 bits per heavy atom. The van der Waals surface area contributed by atoms with E-state index < -0.39 is 0 Å². The van der Waals surface area contributed by atoms with E-state index in [2.05, 4.69) is 47.1 Å². The molecule has 0 radical (unpaired) electrons. The number of imidazole rings is 1. The average molecular weight is 395 g/mol. The first-order chi connectivity index (χ1) is 9.61. The average Bonchev–Trinajstić information content (AvgIpc) is 2.79. The molecule has 0 spiro atoms. The van der Waals surface area contributed by atoms with E-state index in [0.717, 1.165) is 20.0 Å². The number of aromatic nitrogens is 2. The molecule has 0 saturated heterocycles. The first-order valence-electron chi connectivity index (χ1n) is 5.84. The lowest BCUT2D eigenvalue weighted by molar-refractivity contribution is 0.102. The van der Waals surface area contributed by atoms with Crippen molar-refractivity contribution in [3.05, 3.63) is 57.0 Å². The number of nitrogens with zero attached hydrogens (tertiary/aromatic N) is 1. The second kappa shape index (κ2) is 5.38. The number of carbonyl (C=O) groups excluding carboxylic acids is 1. The Balaban J connectivity index is 1.88. The van der Waals surface area contributed by atoms with Crippen LogP contribution in [0.5, 0.6) is 0 Å².